The number of nitrogens with one attached hydrogen (secondary N) is 2. The number of carbonyl (C=O) groups excluding carboxylic acids is 3. The van der Waals surface area contributed by atoms with E-state index in [4.69, 9.17) is 5.73 Å². The number of hydrogen-bond acceptors (Lipinski definition) is 5. The van der Waals surface area contributed by atoms with Crippen LogP contribution in [0.15, 0.2) is 18.2 Å². The van der Waals surface area contributed by atoms with Crippen LogP contribution in [0.3, 0.4) is 0 Å². The average Bonchev–Trinajstić information content (AvgIpc) is 2.89. The van der Waals surface area contributed by atoms with Crippen LogP contribution < -0.4 is 16.4 Å². The molecule has 2 atom stereocenters. The zero-order valence-corrected chi connectivity index (χ0v) is 16.3. The number of hydrogen-bond donors (Lipinski definition) is 3. The zero-order chi connectivity index (χ0) is 19.9. The zero-order valence-electron chi connectivity index (χ0n) is 16.3. The minimum atomic E-state index is -0.570. The van der Waals surface area contributed by atoms with E-state index in [-0.39, 0.29) is 29.7 Å². The van der Waals surface area contributed by atoms with Gasteiger partial charge in [-0.15, -0.1) is 0 Å². The summed E-state index contributed by atoms with van der Waals surface area (Å²) >= 11 is 0. The third kappa shape index (κ3) is 3.56. The third-order valence-corrected chi connectivity index (χ3v) is 6.46. The molecule has 0 bridgehead atoms. The predicted octanol–water partition coefficient (Wildman–Crippen LogP) is 1.05. The molecule has 2 fully saturated rings. The molecular formula is C21H28N4O3. The van der Waals surface area contributed by atoms with Crippen LogP contribution in [0.25, 0.3) is 0 Å². The van der Waals surface area contributed by atoms with Gasteiger partial charge >= 0.3 is 0 Å². The average molecular weight is 384 g/mol. The first-order valence-electron chi connectivity index (χ1n) is 10.1. The highest BCUT2D eigenvalue weighted by Gasteiger charge is 2.39. The number of carbonyl (C=O) groups is 3. The molecule has 7 nitrogen and oxygen atoms in total. The minimum absolute atomic E-state index is 0.136. The summed E-state index contributed by atoms with van der Waals surface area (Å²) < 4.78 is 0. The fraction of sp³-hybridized carbons (Fsp3) is 0.571. The highest BCUT2D eigenvalue weighted by atomic mass is 16.2. The molecule has 1 saturated heterocycles. The van der Waals surface area contributed by atoms with Crippen LogP contribution in [0.1, 0.15) is 60.5 Å². The number of imide groups is 1. The molecular weight excluding hydrogens is 356 g/mol. The monoisotopic (exact) mass is 384 g/mol. The van der Waals surface area contributed by atoms with Crippen molar-refractivity contribution in [3.05, 3.63) is 34.9 Å². The minimum Gasteiger partial charge on any atom is -0.324 e. The maximum atomic E-state index is 12.7. The van der Waals surface area contributed by atoms with E-state index < -0.39 is 6.04 Å². The number of nitrogens with zero attached hydrogens (tertiary/aromatic N) is 1. The molecule has 0 radical (unpaired) electrons. The summed E-state index contributed by atoms with van der Waals surface area (Å²) in [6.07, 6.45) is 4.36. The van der Waals surface area contributed by atoms with E-state index in [9.17, 15) is 14.4 Å². The van der Waals surface area contributed by atoms with E-state index in [2.05, 4.69) is 17.6 Å². The maximum Gasteiger partial charge on any atom is 0.255 e. The van der Waals surface area contributed by atoms with Crippen LogP contribution in [0, 0.1) is 5.92 Å². The van der Waals surface area contributed by atoms with Gasteiger partial charge in [0.15, 0.2) is 0 Å². The smallest absolute Gasteiger partial charge is 0.255 e. The summed E-state index contributed by atoms with van der Waals surface area (Å²) in [6, 6.07) is 5.26. The molecule has 150 valence electrons. The molecule has 1 aromatic carbocycles. The topological polar surface area (TPSA) is 105 Å². The Morgan fingerprint density at radius 2 is 2.04 bits per heavy atom. The van der Waals surface area contributed by atoms with Gasteiger partial charge in [0.1, 0.15) is 6.04 Å². The lowest BCUT2D eigenvalue weighted by Gasteiger charge is -2.40. The molecule has 7 heteroatoms. The van der Waals surface area contributed by atoms with Gasteiger partial charge in [0, 0.05) is 37.2 Å². The Kier molecular flexibility index (Phi) is 4.97. The fourth-order valence-corrected chi connectivity index (χ4v) is 4.43. The summed E-state index contributed by atoms with van der Waals surface area (Å²) in [4.78, 5) is 37.8. The second kappa shape index (κ2) is 7.29. The fourth-order valence-electron chi connectivity index (χ4n) is 4.43. The van der Waals surface area contributed by atoms with Gasteiger partial charge in [-0.3, -0.25) is 19.7 Å². The van der Waals surface area contributed by atoms with E-state index in [0.29, 0.717) is 31.0 Å². The highest BCUT2D eigenvalue weighted by molar-refractivity contribution is 6.05. The molecule has 4 rings (SSSR count). The van der Waals surface area contributed by atoms with Crippen molar-refractivity contribution >= 4 is 17.7 Å². The van der Waals surface area contributed by atoms with E-state index in [0.717, 1.165) is 17.7 Å². The number of amides is 3. The second-order valence-electron chi connectivity index (χ2n) is 8.63. The summed E-state index contributed by atoms with van der Waals surface area (Å²) in [5.41, 5.74) is 8.93. The van der Waals surface area contributed by atoms with Gasteiger partial charge in [0.2, 0.25) is 11.8 Å². The van der Waals surface area contributed by atoms with E-state index in [1.807, 2.05) is 18.2 Å². The lowest BCUT2D eigenvalue weighted by molar-refractivity contribution is -0.136. The van der Waals surface area contributed by atoms with Crippen LogP contribution in [0.5, 0.6) is 0 Å². The molecule has 28 heavy (non-hydrogen) atoms. The van der Waals surface area contributed by atoms with Crippen molar-refractivity contribution in [1.29, 1.82) is 0 Å². The van der Waals surface area contributed by atoms with Crippen molar-refractivity contribution < 1.29 is 14.4 Å². The SMILES string of the molecule is CC(N)(CNCc1ccc2c(c1)CN(C1CCC(=O)NC1=O)C2=O)C1CCC1. The van der Waals surface area contributed by atoms with E-state index in [1.165, 1.54) is 19.3 Å². The van der Waals surface area contributed by atoms with Gasteiger partial charge < -0.3 is 16.0 Å². The predicted molar refractivity (Wildman–Crippen MR) is 104 cm³/mol. The molecule has 2 unspecified atom stereocenters. The molecule has 0 spiro atoms. The standard InChI is InChI=1S/C21H28N4O3/c1-21(22,15-3-2-4-15)12-23-10-13-5-6-16-14(9-13)11-25(20(16)28)17-7-8-18(26)24-19(17)27/h5-6,9,15,17,23H,2-4,7-8,10-12,22H2,1H3,(H,24,26,27). The van der Waals surface area contributed by atoms with Crippen molar-refractivity contribution in [3.8, 4) is 0 Å². The Bertz CT molecular complexity index is 816. The van der Waals surface area contributed by atoms with Gasteiger partial charge in [0.05, 0.1) is 0 Å². The largest absolute Gasteiger partial charge is 0.324 e. The Balaban J connectivity index is 1.38. The van der Waals surface area contributed by atoms with Gasteiger partial charge in [-0.25, -0.2) is 0 Å². The van der Waals surface area contributed by atoms with Crippen molar-refractivity contribution in [1.82, 2.24) is 15.5 Å². The lowest BCUT2D eigenvalue weighted by atomic mass is 9.72. The molecule has 3 amide bonds. The molecule has 4 N–H and O–H groups in total. The lowest BCUT2D eigenvalue weighted by Crippen LogP contribution is -2.53. The summed E-state index contributed by atoms with van der Waals surface area (Å²) in [6.45, 7) is 3.98. The van der Waals surface area contributed by atoms with Gasteiger partial charge in [-0.05, 0) is 49.3 Å². The Hall–Kier alpha value is -2.25. The molecule has 3 aliphatic rings. The van der Waals surface area contributed by atoms with Crippen molar-refractivity contribution in [2.75, 3.05) is 6.54 Å². The number of nitrogens with two attached hydrogens (primary N) is 1. The molecule has 1 aliphatic carbocycles. The normalized spacial score (nSPS) is 24.6. The quantitative estimate of drug-likeness (QED) is 0.636. The first-order chi connectivity index (χ1) is 13.3. The van der Waals surface area contributed by atoms with Gasteiger partial charge in [0.25, 0.3) is 5.91 Å². The number of rotatable bonds is 6. The van der Waals surface area contributed by atoms with Crippen LogP contribution in [-0.2, 0) is 22.7 Å². The molecule has 2 aliphatic heterocycles. The first kappa shape index (κ1) is 19.1. The highest BCUT2D eigenvalue weighted by Crippen LogP contribution is 2.34. The number of piperidine rings is 1. The van der Waals surface area contributed by atoms with Gasteiger partial charge in [-0.1, -0.05) is 18.6 Å². The van der Waals surface area contributed by atoms with Crippen LogP contribution in [0.2, 0.25) is 0 Å². The molecule has 1 aromatic rings. The summed E-state index contributed by atoms with van der Waals surface area (Å²) in [5, 5.41) is 5.79. The van der Waals surface area contributed by atoms with Crippen molar-refractivity contribution in [2.24, 2.45) is 11.7 Å². The third-order valence-electron chi connectivity index (χ3n) is 6.46. The van der Waals surface area contributed by atoms with E-state index >= 15 is 0 Å². The summed E-state index contributed by atoms with van der Waals surface area (Å²) in [7, 11) is 0. The Morgan fingerprint density at radius 3 is 2.71 bits per heavy atom. The van der Waals surface area contributed by atoms with E-state index in [1.54, 1.807) is 4.90 Å². The van der Waals surface area contributed by atoms with Crippen molar-refractivity contribution in [3.63, 3.8) is 0 Å². The first-order valence-corrected chi connectivity index (χ1v) is 10.1. The Labute approximate surface area is 165 Å². The number of benzene rings is 1. The molecule has 0 aromatic heterocycles. The van der Waals surface area contributed by atoms with Crippen molar-refractivity contribution in [2.45, 2.75) is 63.7 Å². The Morgan fingerprint density at radius 1 is 1.25 bits per heavy atom. The maximum absolute atomic E-state index is 12.7. The number of fused-ring (bicyclic) bond motifs is 1. The van der Waals surface area contributed by atoms with Gasteiger partial charge in [-0.2, -0.15) is 0 Å². The van der Waals surface area contributed by atoms with Crippen LogP contribution in [0.4, 0.5) is 0 Å². The summed E-state index contributed by atoms with van der Waals surface area (Å²) in [5.74, 6) is -0.187. The second-order valence-corrected chi connectivity index (χ2v) is 8.63. The van der Waals surface area contributed by atoms with Crippen LogP contribution in [-0.4, -0.2) is 40.7 Å². The van der Waals surface area contributed by atoms with Crippen LogP contribution >= 0.6 is 0 Å². The molecule has 1 saturated carbocycles. The molecule has 2 heterocycles.